The number of alkyl halides is 2. The number of aromatic nitrogens is 1. The molecule has 0 bridgehead atoms. The molecule has 1 rings (SSSR count). The highest BCUT2D eigenvalue weighted by Gasteiger charge is 2.25. The third-order valence-corrected chi connectivity index (χ3v) is 3.02. The third kappa shape index (κ3) is 4.57. The van der Waals surface area contributed by atoms with Gasteiger partial charge < -0.3 is 9.30 Å². The Morgan fingerprint density at radius 1 is 1.45 bits per heavy atom. The fourth-order valence-corrected chi connectivity index (χ4v) is 1.99. The van der Waals surface area contributed by atoms with Gasteiger partial charge in [0.05, 0.1) is 6.54 Å². The van der Waals surface area contributed by atoms with Crippen LogP contribution < -0.4 is 5.14 Å². The number of carbonyl (C=O) groups excluding carboxylic acids is 1. The van der Waals surface area contributed by atoms with E-state index in [1.165, 1.54) is 0 Å². The first-order chi connectivity index (χ1) is 8.90. The van der Waals surface area contributed by atoms with E-state index in [0.717, 1.165) is 16.8 Å². The summed E-state index contributed by atoms with van der Waals surface area (Å²) in [4.78, 5) is 11.5. The summed E-state index contributed by atoms with van der Waals surface area (Å²) in [5, 5.41) is 4.92. The molecule has 2 N–H and O–H groups in total. The van der Waals surface area contributed by atoms with Gasteiger partial charge in [0, 0.05) is 6.20 Å². The van der Waals surface area contributed by atoms with E-state index >= 15 is 0 Å². The van der Waals surface area contributed by atoms with Crippen LogP contribution in [-0.4, -0.2) is 31.0 Å². The van der Waals surface area contributed by atoms with Crippen LogP contribution in [0.2, 0.25) is 0 Å². The number of carbonyl (C=O) groups is 1. The molecule has 0 atom stereocenters. The number of ether oxygens (including phenoxy) is 1. The summed E-state index contributed by atoms with van der Waals surface area (Å²) >= 11 is 0. The van der Waals surface area contributed by atoms with Crippen LogP contribution in [0.25, 0.3) is 0 Å². The van der Waals surface area contributed by atoms with E-state index in [1.54, 1.807) is 20.8 Å². The van der Waals surface area contributed by atoms with E-state index in [2.05, 4.69) is 0 Å². The minimum Gasteiger partial charge on any atom is -0.455 e. The zero-order valence-electron chi connectivity index (χ0n) is 11.3. The van der Waals surface area contributed by atoms with Crippen molar-refractivity contribution >= 4 is 16.0 Å². The molecule has 0 aromatic carbocycles. The number of primary sulfonamides is 1. The van der Waals surface area contributed by atoms with Crippen LogP contribution >= 0.6 is 0 Å². The first-order valence-corrected chi connectivity index (χ1v) is 7.19. The normalized spacial score (nSPS) is 12.8. The lowest BCUT2D eigenvalue weighted by atomic mass is 10.2. The Morgan fingerprint density at radius 3 is 2.40 bits per heavy atom. The van der Waals surface area contributed by atoms with Gasteiger partial charge in [0.15, 0.2) is 0 Å². The molecule has 0 fully saturated rings. The molecule has 6 nitrogen and oxygen atoms in total. The number of halogens is 2. The van der Waals surface area contributed by atoms with Gasteiger partial charge in [-0.25, -0.2) is 27.1 Å². The lowest BCUT2D eigenvalue weighted by molar-refractivity contribution is 0.00540. The van der Waals surface area contributed by atoms with Gasteiger partial charge in [-0.1, -0.05) is 0 Å². The second kappa shape index (κ2) is 5.49. The van der Waals surface area contributed by atoms with E-state index in [-0.39, 0.29) is 5.69 Å². The van der Waals surface area contributed by atoms with Gasteiger partial charge in [0.25, 0.3) is 6.43 Å². The number of nitrogens with zero attached hydrogens (tertiary/aromatic N) is 1. The largest absolute Gasteiger partial charge is 0.455 e. The highest BCUT2D eigenvalue weighted by molar-refractivity contribution is 7.89. The zero-order valence-corrected chi connectivity index (χ0v) is 12.1. The van der Waals surface area contributed by atoms with Crippen LogP contribution in [0.15, 0.2) is 17.2 Å². The molecule has 20 heavy (non-hydrogen) atoms. The van der Waals surface area contributed by atoms with E-state index in [1.807, 2.05) is 0 Å². The summed E-state index contributed by atoms with van der Waals surface area (Å²) in [6.45, 7) is 3.98. The predicted molar refractivity (Wildman–Crippen MR) is 67.0 cm³/mol. The molecule has 0 saturated carbocycles. The molecule has 0 spiro atoms. The maximum absolute atomic E-state index is 12.5. The Balaban J connectivity index is 3.22. The van der Waals surface area contributed by atoms with Crippen molar-refractivity contribution in [2.45, 2.75) is 44.2 Å². The number of hydrogen-bond donors (Lipinski definition) is 1. The quantitative estimate of drug-likeness (QED) is 0.850. The van der Waals surface area contributed by atoms with Gasteiger partial charge in [-0.15, -0.1) is 0 Å². The molecule has 0 radical (unpaired) electrons. The van der Waals surface area contributed by atoms with Crippen molar-refractivity contribution in [1.82, 2.24) is 4.57 Å². The number of esters is 1. The van der Waals surface area contributed by atoms with Crippen molar-refractivity contribution < 1.29 is 26.7 Å². The van der Waals surface area contributed by atoms with Gasteiger partial charge in [0.1, 0.15) is 16.2 Å². The van der Waals surface area contributed by atoms with Crippen LogP contribution in [-0.2, 0) is 21.3 Å². The number of hydrogen-bond acceptors (Lipinski definition) is 4. The molecular weight excluding hydrogens is 294 g/mol. The topological polar surface area (TPSA) is 91.4 Å². The summed E-state index contributed by atoms with van der Waals surface area (Å²) in [6, 6.07) is 0.922. The monoisotopic (exact) mass is 310 g/mol. The molecule has 9 heteroatoms. The van der Waals surface area contributed by atoms with Crippen LogP contribution in [0.5, 0.6) is 0 Å². The molecule has 0 unspecified atom stereocenters. The van der Waals surface area contributed by atoms with Crippen LogP contribution in [0, 0.1) is 0 Å². The molecule has 0 aliphatic rings. The molecule has 1 aromatic heterocycles. The Labute approximate surface area is 115 Å². The van der Waals surface area contributed by atoms with Crippen LogP contribution in [0.3, 0.4) is 0 Å². The van der Waals surface area contributed by atoms with E-state index in [4.69, 9.17) is 9.88 Å². The molecule has 0 aliphatic carbocycles. The minimum atomic E-state index is -4.09. The second-order valence-electron chi connectivity index (χ2n) is 5.15. The van der Waals surface area contributed by atoms with Crippen molar-refractivity contribution in [3.05, 3.63) is 18.0 Å². The summed E-state index contributed by atoms with van der Waals surface area (Å²) in [6.07, 6.45) is -1.86. The minimum absolute atomic E-state index is 0.288. The molecule has 1 heterocycles. The van der Waals surface area contributed by atoms with Crippen molar-refractivity contribution in [2.24, 2.45) is 5.14 Å². The fourth-order valence-electron chi connectivity index (χ4n) is 1.44. The van der Waals surface area contributed by atoms with E-state index in [9.17, 15) is 22.0 Å². The molecule has 0 saturated heterocycles. The highest BCUT2D eigenvalue weighted by atomic mass is 32.2. The van der Waals surface area contributed by atoms with Crippen LogP contribution in [0.4, 0.5) is 8.78 Å². The first-order valence-electron chi connectivity index (χ1n) is 5.64. The summed E-state index contributed by atoms with van der Waals surface area (Å²) in [7, 11) is -4.09. The third-order valence-electron chi connectivity index (χ3n) is 2.14. The number of sulfonamides is 1. The smallest absolute Gasteiger partial charge is 0.355 e. The summed E-state index contributed by atoms with van der Waals surface area (Å²) in [5.74, 6) is -0.895. The van der Waals surface area contributed by atoms with Crippen molar-refractivity contribution in [1.29, 1.82) is 0 Å². The van der Waals surface area contributed by atoms with Gasteiger partial charge in [-0.3, -0.25) is 0 Å². The Hall–Kier alpha value is -1.48. The van der Waals surface area contributed by atoms with Crippen molar-refractivity contribution in [3.8, 4) is 0 Å². The lowest BCUT2D eigenvalue weighted by Crippen LogP contribution is -2.26. The molecule has 1 aromatic rings. The van der Waals surface area contributed by atoms with Gasteiger partial charge in [-0.2, -0.15) is 0 Å². The molecular formula is C11H16F2N2O4S. The maximum Gasteiger partial charge on any atom is 0.355 e. The van der Waals surface area contributed by atoms with Gasteiger partial charge in [-0.05, 0) is 26.8 Å². The average molecular weight is 310 g/mol. The van der Waals surface area contributed by atoms with Crippen molar-refractivity contribution in [3.63, 3.8) is 0 Å². The molecule has 0 amide bonds. The van der Waals surface area contributed by atoms with E-state index < -0.39 is 39.5 Å². The number of nitrogens with two attached hydrogens (primary N) is 1. The van der Waals surface area contributed by atoms with Gasteiger partial charge in [0.2, 0.25) is 10.0 Å². The Kier molecular flexibility index (Phi) is 4.55. The average Bonchev–Trinajstić information content (AvgIpc) is 2.57. The SMILES string of the molecule is CC(C)(C)OC(=O)c1cc(S(N)(=O)=O)cn1CC(F)F. The van der Waals surface area contributed by atoms with Gasteiger partial charge >= 0.3 is 5.97 Å². The highest BCUT2D eigenvalue weighted by Crippen LogP contribution is 2.18. The zero-order chi connectivity index (χ0) is 15.7. The molecule has 114 valence electrons. The number of rotatable bonds is 4. The van der Waals surface area contributed by atoms with E-state index in [0.29, 0.717) is 0 Å². The Bertz CT molecular complexity index is 602. The predicted octanol–water partition coefficient (Wildman–Crippen LogP) is 1.36. The lowest BCUT2D eigenvalue weighted by Gasteiger charge is -2.20. The standard InChI is InChI=1S/C11H16F2N2O4S/c1-11(2,3)19-10(16)8-4-7(20(14,17)18)5-15(8)6-9(12)13/h4-5,9H,6H2,1-3H3,(H2,14,17,18). The van der Waals surface area contributed by atoms with Crippen LogP contribution in [0.1, 0.15) is 31.3 Å². The Morgan fingerprint density at radius 2 is 2.00 bits per heavy atom. The summed E-state index contributed by atoms with van der Waals surface area (Å²) in [5.41, 5.74) is -1.12. The maximum atomic E-state index is 12.5. The molecule has 0 aliphatic heterocycles. The first kappa shape index (κ1) is 16.6. The fraction of sp³-hybridized carbons (Fsp3) is 0.545. The van der Waals surface area contributed by atoms with Crippen molar-refractivity contribution in [2.75, 3.05) is 0 Å². The summed E-state index contributed by atoms with van der Waals surface area (Å²) < 4.78 is 53.2. The second-order valence-corrected chi connectivity index (χ2v) is 6.71.